The molecule has 3 N–H and O–H groups in total. The lowest BCUT2D eigenvalue weighted by atomic mass is 10.0. The van der Waals surface area contributed by atoms with E-state index in [1.165, 1.54) is 135 Å². The fourth-order valence-corrected chi connectivity index (χ4v) is 4.13. The lowest BCUT2D eigenvalue weighted by Crippen LogP contribution is -2.05. The molecule has 0 unspecified atom stereocenters. The average molecular weight is 442 g/mol. The van der Waals surface area contributed by atoms with Crippen molar-refractivity contribution in [2.45, 2.75) is 168 Å². The van der Waals surface area contributed by atoms with E-state index >= 15 is 0 Å². The van der Waals surface area contributed by atoms with Gasteiger partial charge in [0.1, 0.15) is 0 Å². The standard InChI is InChI=1S/C28H56O2.H3N/c1-3-5-7-9-11-12-13-14-15-16-17-18-19-21-23-25-27-30-28(29)26-24-22-20-10-8-6-4-2;/h3-27H2,1-2H3;1H3. The molecule has 3 nitrogen and oxygen atoms in total. The fraction of sp³-hybridized carbons (Fsp3) is 0.964. The molecule has 0 aliphatic carbocycles. The number of hydrogen-bond acceptors (Lipinski definition) is 3. The van der Waals surface area contributed by atoms with Crippen molar-refractivity contribution < 1.29 is 9.53 Å². The second-order valence-electron chi connectivity index (χ2n) is 9.40. The molecule has 0 rings (SSSR count). The summed E-state index contributed by atoms with van der Waals surface area (Å²) in [5.74, 6) is 0.0181. The lowest BCUT2D eigenvalue weighted by Gasteiger charge is -2.05. The molecule has 0 spiro atoms. The maximum atomic E-state index is 11.7. The van der Waals surface area contributed by atoms with E-state index in [2.05, 4.69) is 13.8 Å². The molecular weight excluding hydrogens is 382 g/mol. The van der Waals surface area contributed by atoms with Crippen LogP contribution in [0.25, 0.3) is 0 Å². The van der Waals surface area contributed by atoms with Crippen LogP contribution in [0.2, 0.25) is 0 Å². The van der Waals surface area contributed by atoms with Crippen molar-refractivity contribution in [2.24, 2.45) is 0 Å². The zero-order valence-corrected chi connectivity index (χ0v) is 21.7. The summed E-state index contributed by atoms with van der Waals surface area (Å²) < 4.78 is 5.37. The number of unbranched alkanes of at least 4 members (excludes halogenated alkanes) is 21. The summed E-state index contributed by atoms with van der Waals surface area (Å²) in [5.41, 5.74) is 0. The van der Waals surface area contributed by atoms with Crippen LogP contribution in [0.5, 0.6) is 0 Å². The molecule has 0 saturated carbocycles. The van der Waals surface area contributed by atoms with Crippen LogP contribution in [0.4, 0.5) is 0 Å². The van der Waals surface area contributed by atoms with Gasteiger partial charge in [-0.3, -0.25) is 4.79 Å². The van der Waals surface area contributed by atoms with E-state index < -0.39 is 0 Å². The lowest BCUT2D eigenvalue weighted by molar-refractivity contribution is -0.143. The SMILES string of the molecule is CCCCCCCCCCCCCCCCCCOC(=O)CCCCCCCCC.N. The minimum Gasteiger partial charge on any atom is -0.466 e. The van der Waals surface area contributed by atoms with Crippen molar-refractivity contribution in [3.05, 3.63) is 0 Å². The van der Waals surface area contributed by atoms with Crippen molar-refractivity contribution in [1.29, 1.82) is 0 Å². The maximum absolute atomic E-state index is 11.7. The van der Waals surface area contributed by atoms with E-state index in [0.717, 1.165) is 12.8 Å². The van der Waals surface area contributed by atoms with Crippen LogP contribution in [0, 0.1) is 0 Å². The van der Waals surface area contributed by atoms with Gasteiger partial charge < -0.3 is 10.9 Å². The van der Waals surface area contributed by atoms with Crippen LogP contribution in [0.15, 0.2) is 0 Å². The number of hydrogen-bond donors (Lipinski definition) is 1. The van der Waals surface area contributed by atoms with Gasteiger partial charge in [0.15, 0.2) is 0 Å². The van der Waals surface area contributed by atoms with Gasteiger partial charge in [0, 0.05) is 6.42 Å². The molecule has 0 atom stereocenters. The van der Waals surface area contributed by atoms with Gasteiger partial charge in [-0.25, -0.2) is 0 Å². The Balaban J connectivity index is 0. The van der Waals surface area contributed by atoms with Crippen molar-refractivity contribution in [3.8, 4) is 0 Å². The molecule has 0 aliphatic rings. The second-order valence-corrected chi connectivity index (χ2v) is 9.40. The van der Waals surface area contributed by atoms with E-state index in [4.69, 9.17) is 4.74 Å². The Bertz CT molecular complexity index is 333. The van der Waals surface area contributed by atoms with Crippen LogP contribution < -0.4 is 6.15 Å². The van der Waals surface area contributed by atoms with Crippen LogP contribution in [-0.2, 0) is 9.53 Å². The van der Waals surface area contributed by atoms with E-state index in [1.807, 2.05) is 0 Å². The molecule has 0 aliphatic heterocycles. The normalized spacial score (nSPS) is 10.8. The Hall–Kier alpha value is -0.570. The van der Waals surface area contributed by atoms with Gasteiger partial charge in [-0.05, 0) is 12.8 Å². The minimum atomic E-state index is 0. The summed E-state index contributed by atoms with van der Waals surface area (Å²) in [6, 6.07) is 0. The molecule has 3 heteroatoms. The van der Waals surface area contributed by atoms with Crippen molar-refractivity contribution >= 4 is 5.97 Å². The first-order valence-corrected chi connectivity index (χ1v) is 14.0. The van der Waals surface area contributed by atoms with Crippen molar-refractivity contribution in [2.75, 3.05) is 6.61 Å². The Labute approximate surface area is 196 Å². The molecule has 0 aromatic carbocycles. The third-order valence-electron chi connectivity index (χ3n) is 6.25. The summed E-state index contributed by atoms with van der Waals surface area (Å²) in [6.45, 7) is 5.17. The van der Waals surface area contributed by atoms with Crippen LogP contribution >= 0.6 is 0 Å². The Morgan fingerprint density at radius 1 is 0.452 bits per heavy atom. The van der Waals surface area contributed by atoms with E-state index in [0.29, 0.717) is 13.0 Å². The predicted octanol–water partition coefficient (Wildman–Crippen LogP) is 10.1. The molecule has 0 radical (unpaired) electrons. The molecular formula is C28H59NO2. The Kier molecular flexibility index (Phi) is 31.0. The first-order valence-electron chi connectivity index (χ1n) is 14.0. The molecule has 0 bridgehead atoms. The molecule has 188 valence electrons. The maximum Gasteiger partial charge on any atom is 0.305 e. The largest absolute Gasteiger partial charge is 0.466 e. The molecule has 0 fully saturated rings. The van der Waals surface area contributed by atoms with Gasteiger partial charge in [-0.2, -0.15) is 0 Å². The summed E-state index contributed by atoms with van der Waals surface area (Å²) >= 11 is 0. The van der Waals surface area contributed by atoms with Gasteiger partial charge in [0.2, 0.25) is 0 Å². The summed E-state index contributed by atoms with van der Waals surface area (Å²) in [4.78, 5) is 11.7. The van der Waals surface area contributed by atoms with E-state index in [1.54, 1.807) is 0 Å². The molecule has 31 heavy (non-hydrogen) atoms. The Morgan fingerprint density at radius 3 is 1.10 bits per heavy atom. The molecule has 0 amide bonds. The molecule has 0 saturated heterocycles. The highest BCUT2D eigenvalue weighted by molar-refractivity contribution is 5.69. The van der Waals surface area contributed by atoms with Gasteiger partial charge in [0.05, 0.1) is 6.61 Å². The number of carbonyl (C=O) groups is 1. The number of esters is 1. The van der Waals surface area contributed by atoms with Gasteiger partial charge in [-0.1, -0.05) is 149 Å². The topological polar surface area (TPSA) is 61.3 Å². The fourth-order valence-electron chi connectivity index (χ4n) is 4.13. The summed E-state index contributed by atoms with van der Waals surface area (Å²) in [7, 11) is 0. The average Bonchev–Trinajstić information content (AvgIpc) is 2.75. The highest BCUT2D eigenvalue weighted by atomic mass is 16.5. The second kappa shape index (κ2) is 29.4. The first-order chi connectivity index (χ1) is 14.8. The van der Waals surface area contributed by atoms with Gasteiger partial charge in [-0.15, -0.1) is 0 Å². The highest BCUT2D eigenvalue weighted by Crippen LogP contribution is 2.14. The molecule has 0 aromatic heterocycles. The first kappa shape index (κ1) is 32.6. The third-order valence-corrected chi connectivity index (χ3v) is 6.25. The van der Waals surface area contributed by atoms with Crippen molar-refractivity contribution in [3.63, 3.8) is 0 Å². The van der Waals surface area contributed by atoms with Crippen LogP contribution in [0.3, 0.4) is 0 Å². The quantitative estimate of drug-likeness (QED) is 0.113. The molecule has 0 heterocycles. The highest BCUT2D eigenvalue weighted by Gasteiger charge is 2.02. The minimum absolute atomic E-state index is 0. The zero-order chi connectivity index (χ0) is 22.0. The summed E-state index contributed by atoms with van der Waals surface area (Å²) in [5, 5.41) is 0. The number of carbonyl (C=O) groups excluding carboxylic acids is 1. The Morgan fingerprint density at radius 2 is 0.742 bits per heavy atom. The smallest absolute Gasteiger partial charge is 0.305 e. The van der Waals surface area contributed by atoms with E-state index in [-0.39, 0.29) is 12.1 Å². The van der Waals surface area contributed by atoms with Crippen LogP contribution in [0.1, 0.15) is 168 Å². The third kappa shape index (κ3) is 29.4. The number of rotatable bonds is 25. The monoisotopic (exact) mass is 441 g/mol. The zero-order valence-electron chi connectivity index (χ0n) is 21.7. The van der Waals surface area contributed by atoms with Crippen LogP contribution in [-0.4, -0.2) is 12.6 Å². The number of ether oxygens (including phenoxy) is 1. The van der Waals surface area contributed by atoms with E-state index in [9.17, 15) is 4.79 Å². The van der Waals surface area contributed by atoms with Gasteiger partial charge >= 0.3 is 5.97 Å². The van der Waals surface area contributed by atoms with Crippen molar-refractivity contribution in [1.82, 2.24) is 6.15 Å². The molecule has 0 aromatic rings. The van der Waals surface area contributed by atoms with Gasteiger partial charge in [0.25, 0.3) is 0 Å². The summed E-state index contributed by atoms with van der Waals surface area (Å²) in [6.07, 6.45) is 31.4. The predicted molar refractivity (Wildman–Crippen MR) is 138 cm³/mol.